The van der Waals surface area contributed by atoms with Crippen LogP contribution in [0.3, 0.4) is 0 Å². The fraction of sp³-hybridized carbons (Fsp3) is 0.200. The van der Waals surface area contributed by atoms with Crippen molar-refractivity contribution in [3.63, 3.8) is 0 Å². The molecule has 21 heavy (non-hydrogen) atoms. The van der Waals surface area contributed by atoms with E-state index in [1.54, 1.807) is 18.3 Å². The molecule has 1 amide bonds. The van der Waals surface area contributed by atoms with Gasteiger partial charge in [-0.25, -0.2) is 13.8 Å². The molecule has 1 atom stereocenters. The molecule has 0 radical (unpaired) electrons. The summed E-state index contributed by atoms with van der Waals surface area (Å²) in [5.41, 5.74) is 0.943. The van der Waals surface area contributed by atoms with Crippen LogP contribution in [0.1, 0.15) is 12.5 Å². The van der Waals surface area contributed by atoms with Crippen LogP contribution in [0.15, 0.2) is 36.5 Å². The molecule has 0 fully saturated rings. The molecule has 0 aliphatic carbocycles. The number of aromatic nitrogens is 1. The first-order valence-electron chi connectivity index (χ1n) is 6.31. The minimum atomic E-state index is -0.952. The van der Waals surface area contributed by atoms with E-state index in [-0.39, 0.29) is 5.75 Å². The average molecular weight is 292 g/mol. The van der Waals surface area contributed by atoms with Gasteiger partial charge in [0, 0.05) is 12.3 Å². The van der Waals surface area contributed by atoms with Crippen LogP contribution in [0.25, 0.3) is 0 Å². The van der Waals surface area contributed by atoms with Crippen molar-refractivity contribution in [1.82, 2.24) is 4.98 Å². The lowest BCUT2D eigenvalue weighted by atomic mass is 10.3. The van der Waals surface area contributed by atoms with Gasteiger partial charge in [-0.3, -0.25) is 4.79 Å². The van der Waals surface area contributed by atoms with E-state index in [9.17, 15) is 13.6 Å². The molecule has 2 aromatic rings. The van der Waals surface area contributed by atoms with Crippen molar-refractivity contribution < 1.29 is 18.3 Å². The summed E-state index contributed by atoms with van der Waals surface area (Å²) >= 11 is 0. The number of carbonyl (C=O) groups excluding carboxylic acids is 1. The SMILES string of the molecule is Cc1ccnc(NC(=O)[C@H](C)Oc2ccc(F)cc2F)c1. The molecular formula is C15H14F2N2O2. The summed E-state index contributed by atoms with van der Waals surface area (Å²) in [5, 5.41) is 2.56. The zero-order valence-corrected chi connectivity index (χ0v) is 11.6. The lowest BCUT2D eigenvalue weighted by Gasteiger charge is -2.15. The van der Waals surface area contributed by atoms with E-state index in [2.05, 4.69) is 10.3 Å². The number of nitrogens with zero attached hydrogens (tertiary/aromatic N) is 1. The first-order chi connectivity index (χ1) is 9.95. The second-order valence-electron chi connectivity index (χ2n) is 4.54. The summed E-state index contributed by atoms with van der Waals surface area (Å²) in [6.45, 7) is 3.33. The second-order valence-corrected chi connectivity index (χ2v) is 4.54. The number of aryl methyl sites for hydroxylation is 1. The number of amides is 1. The van der Waals surface area contributed by atoms with Gasteiger partial charge in [0.05, 0.1) is 0 Å². The third kappa shape index (κ3) is 3.98. The van der Waals surface area contributed by atoms with E-state index in [0.717, 1.165) is 17.7 Å². The molecule has 0 saturated carbocycles. The standard InChI is InChI=1S/C15H14F2N2O2/c1-9-5-6-18-14(7-9)19-15(20)10(2)21-13-4-3-11(16)8-12(13)17/h3-8,10H,1-2H3,(H,18,19,20)/t10-/m0/s1. The number of ether oxygens (including phenoxy) is 1. The Hall–Kier alpha value is -2.50. The summed E-state index contributed by atoms with van der Waals surface area (Å²) in [6.07, 6.45) is 0.614. The van der Waals surface area contributed by atoms with Crippen molar-refractivity contribution in [1.29, 1.82) is 0 Å². The van der Waals surface area contributed by atoms with Gasteiger partial charge >= 0.3 is 0 Å². The molecule has 0 aliphatic heterocycles. The highest BCUT2D eigenvalue weighted by Crippen LogP contribution is 2.19. The van der Waals surface area contributed by atoms with Gasteiger partial charge < -0.3 is 10.1 Å². The van der Waals surface area contributed by atoms with E-state index in [4.69, 9.17) is 4.74 Å². The molecule has 1 aromatic heterocycles. The third-order valence-electron chi connectivity index (χ3n) is 2.73. The van der Waals surface area contributed by atoms with Crippen molar-refractivity contribution >= 4 is 11.7 Å². The van der Waals surface area contributed by atoms with Crippen molar-refractivity contribution in [2.24, 2.45) is 0 Å². The Morgan fingerprint density at radius 3 is 2.71 bits per heavy atom. The van der Waals surface area contributed by atoms with Crippen LogP contribution >= 0.6 is 0 Å². The minimum Gasteiger partial charge on any atom is -0.478 e. The molecule has 1 heterocycles. The lowest BCUT2D eigenvalue weighted by molar-refractivity contribution is -0.122. The Morgan fingerprint density at radius 2 is 2.05 bits per heavy atom. The van der Waals surface area contributed by atoms with Crippen LogP contribution in [0.2, 0.25) is 0 Å². The van der Waals surface area contributed by atoms with Gasteiger partial charge in [0.15, 0.2) is 17.7 Å². The van der Waals surface area contributed by atoms with E-state index < -0.39 is 23.6 Å². The fourth-order valence-electron chi connectivity index (χ4n) is 1.65. The molecule has 1 aromatic carbocycles. The first-order valence-corrected chi connectivity index (χ1v) is 6.31. The number of rotatable bonds is 4. The number of benzene rings is 1. The van der Waals surface area contributed by atoms with E-state index in [0.29, 0.717) is 11.9 Å². The number of halogens is 2. The van der Waals surface area contributed by atoms with E-state index in [1.807, 2.05) is 6.92 Å². The highest BCUT2D eigenvalue weighted by atomic mass is 19.1. The Kier molecular flexibility index (Phi) is 4.47. The molecule has 1 N–H and O–H groups in total. The smallest absolute Gasteiger partial charge is 0.266 e. The Labute approximate surface area is 120 Å². The number of hydrogen-bond donors (Lipinski definition) is 1. The van der Waals surface area contributed by atoms with Gasteiger partial charge in [-0.2, -0.15) is 0 Å². The van der Waals surface area contributed by atoms with E-state index >= 15 is 0 Å². The molecule has 6 heteroatoms. The normalized spacial score (nSPS) is 11.8. The van der Waals surface area contributed by atoms with Gasteiger partial charge in [0.25, 0.3) is 5.91 Å². The maximum atomic E-state index is 13.4. The molecule has 0 saturated heterocycles. The summed E-state index contributed by atoms with van der Waals surface area (Å²) in [5.74, 6) is -1.84. The van der Waals surface area contributed by atoms with Crippen LogP contribution in [0.5, 0.6) is 5.75 Å². The maximum absolute atomic E-state index is 13.4. The second kappa shape index (κ2) is 6.30. The highest BCUT2D eigenvalue weighted by molar-refractivity contribution is 5.93. The third-order valence-corrected chi connectivity index (χ3v) is 2.73. The predicted molar refractivity (Wildman–Crippen MR) is 74.1 cm³/mol. The monoisotopic (exact) mass is 292 g/mol. The van der Waals surface area contributed by atoms with Crippen molar-refractivity contribution in [2.45, 2.75) is 20.0 Å². The van der Waals surface area contributed by atoms with E-state index in [1.165, 1.54) is 6.92 Å². The Morgan fingerprint density at radius 1 is 1.29 bits per heavy atom. The molecule has 4 nitrogen and oxygen atoms in total. The summed E-state index contributed by atoms with van der Waals surface area (Å²) < 4.78 is 31.4. The predicted octanol–water partition coefficient (Wildman–Crippen LogP) is 3.07. The van der Waals surface area contributed by atoms with Crippen LogP contribution in [-0.2, 0) is 4.79 Å². The number of pyridine rings is 1. The largest absolute Gasteiger partial charge is 0.478 e. The molecule has 2 rings (SSSR count). The first kappa shape index (κ1) is 14.9. The summed E-state index contributed by atoms with van der Waals surface area (Å²) in [4.78, 5) is 15.9. The zero-order chi connectivity index (χ0) is 15.4. The van der Waals surface area contributed by atoms with Crippen molar-refractivity contribution in [3.05, 3.63) is 53.7 Å². The van der Waals surface area contributed by atoms with Crippen LogP contribution in [-0.4, -0.2) is 17.0 Å². The molecule has 0 unspecified atom stereocenters. The van der Waals surface area contributed by atoms with Crippen LogP contribution < -0.4 is 10.1 Å². The Balaban J connectivity index is 2.02. The minimum absolute atomic E-state index is 0.184. The highest BCUT2D eigenvalue weighted by Gasteiger charge is 2.17. The summed E-state index contributed by atoms with van der Waals surface area (Å²) in [7, 11) is 0. The lowest BCUT2D eigenvalue weighted by Crippen LogP contribution is -2.30. The molecule has 0 bridgehead atoms. The van der Waals surface area contributed by atoms with Gasteiger partial charge in [-0.1, -0.05) is 0 Å². The number of anilines is 1. The number of carbonyl (C=O) groups is 1. The average Bonchev–Trinajstić information content (AvgIpc) is 2.41. The topological polar surface area (TPSA) is 51.2 Å². The molecule has 110 valence electrons. The van der Waals surface area contributed by atoms with Crippen LogP contribution in [0, 0.1) is 18.6 Å². The van der Waals surface area contributed by atoms with Gasteiger partial charge in [0.1, 0.15) is 11.6 Å². The molecular weight excluding hydrogens is 278 g/mol. The van der Waals surface area contributed by atoms with Gasteiger partial charge in [0.2, 0.25) is 0 Å². The number of nitrogens with one attached hydrogen (secondary N) is 1. The fourth-order valence-corrected chi connectivity index (χ4v) is 1.65. The van der Waals surface area contributed by atoms with Crippen molar-refractivity contribution in [3.8, 4) is 5.75 Å². The van der Waals surface area contributed by atoms with Crippen molar-refractivity contribution in [2.75, 3.05) is 5.32 Å². The maximum Gasteiger partial charge on any atom is 0.266 e. The zero-order valence-electron chi connectivity index (χ0n) is 11.6. The quantitative estimate of drug-likeness (QED) is 0.942. The Bertz CT molecular complexity index is 662. The summed E-state index contributed by atoms with van der Waals surface area (Å²) in [6, 6.07) is 6.39. The van der Waals surface area contributed by atoms with Gasteiger partial charge in [-0.15, -0.1) is 0 Å². The number of hydrogen-bond acceptors (Lipinski definition) is 3. The molecule has 0 aliphatic rings. The van der Waals surface area contributed by atoms with Gasteiger partial charge in [-0.05, 0) is 43.7 Å². The molecule has 0 spiro atoms. The van der Waals surface area contributed by atoms with Crippen LogP contribution in [0.4, 0.5) is 14.6 Å².